The zero-order valence-electron chi connectivity index (χ0n) is 10.4. The second-order valence-corrected chi connectivity index (χ2v) is 5.29. The lowest BCUT2D eigenvalue weighted by molar-refractivity contribution is -0.384. The maximum absolute atomic E-state index is 12.3. The maximum atomic E-state index is 12.3. The summed E-state index contributed by atoms with van der Waals surface area (Å²) in [5.41, 5.74) is -0.297. The molecule has 0 aromatic heterocycles. The zero-order chi connectivity index (χ0) is 14.9. The highest BCUT2D eigenvalue weighted by atomic mass is 35.5. The highest BCUT2D eigenvalue weighted by molar-refractivity contribution is 6.43. The van der Waals surface area contributed by atoms with E-state index in [2.05, 4.69) is 0 Å². The van der Waals surface area contributed by atoms with Crippen LogP contribution in [0.25, 0.3) is 0 Å². The van der Waals surface area contributed by atoms with Crippen LogP contribution in [0.15, 0.2) is 12.1 Å². The van der Waals surface area contributed by atoms with Crippen LogP contribution >= 0.6 is 23.2 Å². The van der Waals surface area contributed by atoms with Crippen molar-refractivity contribution in [3.63, 3.8) is 0 Å². The third kappa shape index (κ3) is 3.03. The Bertz CT molecular complexity index is 561. The lowest BCUT2D eigenvalue weighted by atomic mass is 10.1. The average Bonchev–Trinajstić information content (AvgIpc) is 3.22. The van der Waals surface area contributed by atoms with Gasteiger partial charge in [-0.2, -0.15) is 0 Å². The van der Waals surface area contributed by atoms with Crippen molar-refractivity contribution >= 4 is 34.8 Å². The third-order valence-corrected chi connectivity index (χ3v) is 3.83. The number of nitrogens with zero attached hydrogens (tertiary/aromatic N) is 2. The summed E-state index contributed by atoms with van der Waals surface area (Å²) in [6, 6.07) is 2.51. The molecule has 1 saturated carbocycles. The molecule has 1 fully saturated rings. The molecule has 1 aromatic rings. The van der Waals surface area contributed by atoms with Crippen molar-refractivity contribution in [2.45, 2.75) is 18.9 Å². The Morgan fingerprint density at radius 2 is 2.10 bits per heavy atom. The number of nitro groups is 1. The fourth-order valence-electron chi connectivity index (χ4n) is 1.94. The number of amides is 1. The Labute approximate surface area is 125 Å². The van der Waals surface area contributed by atoms with Gasteiger partial charge in [0, 0.05) is 24.2 Å². The van der Waals surface area contributed by atoms with Gasteiger partial charge >= 0.3 is 0 Å². The summed E-state index contributed by atoms with van der Waals surface area (Å²) in [5, 5.41) is 19.7. The van der Waals surface area contributed by atoms with Gasteiger partial charge in [0.1, 0.15) is 5.02 Å². The van der Waals surface area contributed by atoms with E-state index in [1.165, 1.54) is 11.0 Å². The molecule has 1 aliphatic rings. The highest BCUT2D eigenvalue weighted by Crippen LogP contribution is 2.35. The van der Waals surface area contributed by atoms with E-state index in [4.69, 9.17) is 28.3 Å². The zero-order valence-corrected chi connectivity index (χ0v) is 11.9. The molecule has 2 rings (SSSR count). The topological polar surface area (TPSA) is 83.7 Å². The van der Waals surface area contributed by atoms with Crippen molar-refractivity contribution in [3.8, 4) is 0 Å². The minimum atomic E-state index is -0.682. The van der Waals surface area contributed by atoms with E-state index in [9.17, 15) is 14.9 Å². The molecule has 0 bridgehead atoms. The second kappa shape index (κ2) is 5.95. The minimum Gasteiger partial charge on any atom is -0.395 e. The van der Waals surface area contributed by atoms with Crippen LogP contribution in [0.1, 0.15) is 23.2 Å². The Hall–Kier alpha value is -1.37. The van der Waals surface area contributed by atoms with E-state index in [0.29, 0.717) is 0 Å². The number of aliphatic hydroxyl groups excluding tert-OH is 1. The standard InChI is InChI=1S/C12H12Cl2N2O4/c13-9-5-7(6-10(11(9)14)16(19)20)12(18)15(3-4-17)8-1-2-8/h5-6,8,17H,1-4H2. The smallest absolute Gasteiger partial charge is 0.290 e. The fourth-order valence-corrected chi connectivity index (χ4v) is 2.33. The summed E-state index contributed by atoms with van der Waals surface area (Å²) in [7, 11) is 0. The van der Waals surface area contributed by atoms with Gasteiger partial charge in [-0.1, -0.05) is 23.2 Å². The first-order valence-electron chi connectivity index (χ1n) is 6.01. The van der Waals surface area contributed by atoms with E-state index in [0.717, 1.165) is 18.9 Å². The van der Waals surface area contributed by atoms with Crippen molar-refractivity contribution in [1.82, 2.24) is 4.90 Å². The predicted octanol–water partition coefficient (Wildman–Crippen LogP) is 2.50. The van der Waals surface area contributed by atoms with Gasteiger partial charge < -0.3 is 10.0 Å². The number of hydrogen-bond acceptors (Lipinski definition) is 4. The molecule has 0 heterocycles. The lowest BCUT2D eigenvalue weighted by Crippen LogP contribution is -2.35. The summed E-state index contributed by atoms with van der Waals surface area (Å²) in [5.74, 6) is -0.386. The fraction of sp³-hybridized carbons (Fsp3) is 0.417. The van der Waals surface area contributed by atoms with Crippen LogP contribution in [-0.4, -0.2) is 40.0 Å². The molecule has 0 unspecified atom stereocenters. The number of benzene rings is 1. The molecule has 0 saturated heterocycles. The van der Waals surface area contributed by atoms with Gasteiger partial charge in [-0.05, 0) is 18.9 Å². The number of rotatable bonds is 5. The molecule has 1 aliphatic carbocycles. The van der Waals surface area contributed by atoms with Gasteiger partial charge in [0.2, 0.25) is 0 Å². The van der Waals surface area contributed by atoms with E-state index < -0.39 is 10.6 Å². The largest absolute Gasteiger partial charge is 0.395 e. The van der Waals surface area contributed by atoms with Crippen LogP contribution in [0, 0.1) is 10.1 Å². The van der Waals surface area contributed by atoms with Crippen molar-refractivity contribution in [2.75, 3.05) is 13.2 Å². The van der Waals surface area contributed by atoms with Gasteiger partial charge in [0.25, 0.3) is 11.6 Å². The molecule has 20 heavy (non-hydrogen) atoms. The predicted molar refractivity (Wildman–Crippen MR) is 74.3 cm³/mol. The summed E-state index contributed by atoms with van der Waals surface area (Å²) in [6.45, 7) is 0.0310. The quantitative estimate of drug-likeness (QED) is 0.667. The number of carbonyl (C=O) groups is 1. The van der Waals surface area contributed by atoms with Crippen molar-refractivity contribution in [1.29, 1.82) is 0 Å². The van der Waals surface area contributed by atoms with Crippen LogP contribution < -0.4 is 0 Å². The van der Waals surface area contributed by atoms with Crippen molar-refractivity contribution < 1.29 is 14.8 Å². The summed E-state index contributed by atoms with van der Waals surface area (Å²) in [4.78, 5) is 24.1. The summed E-state index contributed by atoms with van der Waals surface area (Å²) >= 11 is 11.6. The van der Waals surface area contributed by atoms with Gasteiger partial charge in [-0.15, -0.1) is 0 Å². The van der Waals surface area contributed by atoms with Crippen molar-refractivity contribution in [3.05, 3.63) is 37.9 Å². The molecule has 108 valence electrons. The van der Waals surface area contributed by atoms with Gasteiger partial charge in [0.05, 0.1) is 16.6 Å². The van der Waals surface area contributed by atoms with Crippen LogP contribution in [0.4, 0.5) is 5.69 Å². The number of hydrogen-bond donors (Lipinski definition) is 1. The molecule has 8 heteroatoms. The molecular weight excluding hydrogens is 307 g/mol. The Morgan fingerprint density at radius 3 is 2.60 bits per heavy atom. The van der Waals surface area contributed by atoms with Gasteiger partial charge in [-0.3, -0.25) is 14.9 Å². The van der Waals surface area contributed by atoms with Crippen LogP contribution in [0.2, 0.25) is 10.0 Å². The Balaban J connectivity index is 2.36. The number of halogens is 2. The molecule has 0 aliphatic heterocycles. The summed E-state index contributed by atoms with van der Waals surface area (Å²) in [6.07, 6.45) is 1.74. The molecule has 1 N–H and O–H groups in total. The van der Waals surface area contributed by atoms with Crippen LogP contribution in [-0.2, 0) is 0 Å². The van der Waals surface area contributed by atoms with E-state index in [1.807, 2.05) is 0 Å². The molecule has 0 atom stereocenters. The molecule has 0 radical (unpaired) electrons. The molecule has 0 spiro atoms. The Kier molecular flexibility index (Phi) is 4.47. The number of aliphatic hydroxyl groups is 1. The maximum Gasteiger partial charge on any atom is 0.290 e. The minimum absolute atomic E-state index is 0.0380. The third-order valence-electron chi connectivity index (χ3n) is 3.04. The highest BCUT2D eigenvalue weighted by Gasteiger charge is 2.33. The van der Waals surface area contributed by atoms with E-state index in [-0.39, 0.29) is 40.7 Å². The van der Waals surface area contributed by atoms with E-state index in [1.54, 1.807) is 0 Å². The summed E-state index contributed by atoms with van der Waals surface area (Å²) < 4.78 is 0. The second-order valence-electron chi connectivity index (χ2n) is 4.50. The van der Waals surface area contributed by atoms with Gasteiger partial charge in [-0.25, -0.2) is 0 Å². The first-order valence-corrected chi connectivity index (χ1v) is 6.76. The SMILES string of the molecule is O=C(c1cc(Cl)c(Cl)c([N+](=O)[O-])c1)N(CCO)C1CC1. The van der Waals surface area contributed by atoms with Crippen molar-refractivity contribution in [2.24, 2.45) is 0 Å². The Morgan fingerprint density at radius 1 is 1.45 bits per heavy atom. The molecule has 6 nitrogen and oxygen atoms in total. The normalized spacial score (nSPS) is 14.2. The molecule has 1 amide bonds. The number of nitro benzene ring substituents is 1. The monoisotopic (exact) mass is 318 g/mol. The first-order chi connectivity index (χ1) is 9.45. The molecular formula is C12H12Cl2N2O4. The van der Waals surface area contributed by atoms with Gasteiger partial charge in [0.15, 0.2) is 0 Å². The average molecular weight is 319 g/mol. The number of carbonyl (C=O) groups excluding carboxylic acids is 1. The van der Waals surface area contributed by atoms with Crippen LogP contribution in [0.5, 0.6) is 0 Å². The molecule has 1 aromatic carbocycles. The lowest BCUT2D eigenvalue weighted by Gasteiger charge is -2.21. The van der Waals surface area contributed by atoms with E-state index >= 15 is 0 Å². The van der Waals surface area contributed by atoms with Crippen LogP contribution in [0.3, 0.4) is 0 Å². The first kappa shape index (κ1) is 15.0.